The number of halogens is 3. The van der Waals surface area contributed by atoms with Gasteiger partial charge in [0.25, 0.3) is 0 Å². The first-order valence-corrected chi connectivity index (χ1v) is 3.07. The molecule has 2 aliphatic rings. The summed E-state index contributed by atoms with van der Waals surface area (Å²) in [5.41, 5.74) is 2.66. The van der Waals surface area contributed by atoms with E-state index in [1.54, 1.807) is 0 Å². The van der Waals surface area contributed by atoms with E-state index in [0.717, 1.165) is 0 Å². The molecule has 0 aliphatic heterocycles. The molecule has 0 aromatic heterocycles. The van der Waals surface area contributed by atoms with Crippen molar-refractivity contribution in [2.75, 3.05) is 0 Å². The van der Waals surface area contributed by atoms with Gasteiger partial charge in [-0.3, -0.25) is 0 Å². The van der Waals surface area contributed by atoms with Gasteiger partial charge in [0.05, 0.1) is 0 Å². The van der Waals surface area contributed by atoms with Gasteiger partial charge >= 0.3 is 21.7 Å². The number of benzene rings is 1. The second kappa shape index (κ2) is 8.99. The van der Waals surface area contributed by atoms with Crippen LogP contribution in [0.1, 0.15) is 0 Å². The van der Waals surface area contributed by atoms with Crippen LogP contribution in [0.15, 0.2) is 42.5 Å². The molecule has 0 unspecified atom stereocenters. The minimum atomic E-state index is 0. The maximum atomic E-state index is 2.12. The summed E-state index contributed by atoms with van der Waals surface area (Å²) in [4.78, 5) is 0. The molecule has 2 rings (SSSR count). The van der Waals surface area contributed by atoms with Crippen molar-refractivity contribution in [3.8, 4) is 11.1 Å². The summed E-state index contributed by atoms with van der Waals surface area (Å²) in [5.74, 6) is 0. The number of fused-ring (bicyclic) bond motifs is 1. The fourth-order valence-corrected chi connectivity index (χ4v) is 1.07. The Labute approximate surface area is 112 Å². The van der Waals surface area contributed by atoms with Gasteiger partial charge in [-0.15, -0.1) is 17.2 Å². The van der Waals surface area contributed by atoms with Crippen molar-refractivity contribution in [1.82, 2.24) is 0 Å². The van der Waals surface area contributed by atoms with E-state index in [-0.39, 0.29) is 58.9 Å². The van der Waals surface area contributed by atoms with Crippen molar-refractivity contribution in [2.45, 2.75) is 0 Å². The van der Waals surface area contributed by atoms with Crippen LogP contribution in [0.4, 0.5) is 0 Å². The van der Waals surface area contributed by atoms with E-state index >= 15 is 0 Å². The molecule has 0 fully saturated rings. The molecule has 0 aromatic rings. The van der Waals surface area contributed by atoms with Crippen molar-refractivity contribution < 1.29 is 58.9 Å². The van der Waals surface area contributed by atoms with Crippen LogP contribution >= 0.6 is 0 Å². The summed E-state index contributed by atoms with van der Waals surface area (Å²) in [6.07, 6.45) is 0. The fourth-order valence-electron chi connectivity index (χ4n) is 1.07. The monoisotopic (exact) mass is 268 g/mol. The Morgan fingerprint density at radius 3 is 2.08 bits per heavy atom. The third-order valence-electron chi connectivity index (χ3n) is 1.55. The third kappa shape index (κ3) is 4.44. The normalized spacial score (nSPS) is 7.08. The molecule has 13 heavy (non-hydrogen) atoms. The van der Waals surface area contributed by atoms with Gasteiger partial charge in [0.15, 0.2) is 0 Å². The first-order chi connectivity index (χ1) is 4.47. The Balaban J connectivity index is -0.000000250. The molecule has 0 heterocycles. The number of rotatable bonds is 0. The number of hydrogen-bond acceptors (Lipinski definition) is 0. The van der Waals surface area contributed by atoms with Crippen molar-refractivity contribution in [3.63, 3.8) is 0 Å². The van der Waals surface area contributed by atoms with Gasteiger partial charge < -0.3 is 37.2 Å². The predicted molar refractivity (Wildman–Crippen MR) is 38.7 cm³/mol. The molecule has 0 N–H and O–H groups in total. The van der Waals surface area contributed by atoms with E-state index in [0.29, 0.717) is 0 Å². The maximum Gasteiger partial charge on any atom is 4.00 e. The molecule has 0 nitrogen and oxygen atoms in total. The Hall–Kier alpha value is 0.414. The Morgan fingerprint density at radius 2 is 1.46 bits per heavy atom. The van der Waals surface area contributed by atoms with Gasteiger partial charge in [-0.05, 0) is 0 Å². The van der Waals surface area contributed by atoms with Crippen LogP contribution in [-0.2, 0) is 21.7 Å². The van der Waals surface area contributed by atoms with Gasteiger partial charge in [0.2, 0.25) is 0 Å². The number of hydrogen-bond donors (Lipinski definition) is 0. The summed E-state index contributed by atoms with van der Waals surface area (Å²) in [7, 11) is 0. The molecule has 0 radical (unpaired) electrons. The van der Waals surface area contributed by atoms with Crippen LogP contribution in [0.5, 0.6) is 0 Å². The molecule has 4 heteroatoms. The van der Waals surface area contributed by atoms with Crippen LogP contribution in [0.3, 0.4) is 0 Å². The zero-order valence-electron chi connectivity index (χ0n) is 6.68. The summed E-state index contributed by atoms with van der Waals surface area (Å²) < 4.78 is 0. The minimum absolute atomic E-state index is 0. The first kappa shape index (κ1) is 19.1. The van der Waals surface area contributed by atoms with Crippen molar-refractivity contribution >= 4 is 0 Å². The molecule has 0 saturated carbocycles. The van der Waals surface area contributed by atoms with Crippen LogP contribution < -0.4 is 37.2 Å². The molecule has 0 spiro atoms. The van der Waals surface area contributed by atoms with Gasteiger partial charge in [-0.2, -0.15) is 24.3 Å². The first-order valence-electron chi connectivity index (χ1n) is 3.07. The summed E-state index contributed by atoms with van der Waals surface area (Å²) in [5, 5.41) is 0. The van der Waals surface area contributed by atoms with Crippen LogP contribution in [0, 0.1) is 0 Å². The summed E-state index contributed by atoms with van der Waals surface area (Å²) >= 11 is 0. The average molecular weight is 269 g/mol. The van der Waals surface area contributed by atoms with Crippen LogP contribution in [0.25, 0.3) is 11.1 Å². The quantitative estimate of drug-likeness (QED) is 0.330. The second-order valence-electron chi connectivity index (χ2n) is 2.15. The molecular formula is C9H7Cl3Ti. The fraction of sp³-hybridized carbons (Fsp3) is 0. The average Bonchev–Trinajstić information content (AvgIpc) is 2.33. The van der Waals surface area contributed by atoms with Crippen LogP contribution in [-0.4, -0.2) is 0 Å². The standard InChI is InChI=1S/C9H7.3ClH.Ti/c1-2-5-9-7-3-6-8(9)4-1;;;;/h1-7H;3*1H;/q-1;;;;+4/p-3. The third-order valence-corrected chi connectivity index (χ3v) is 1.55. The second-order valence-corrected chi connectivity index (χ2v) is 2.15. The molecule has 2 aliphatic carbocycles. The van der Waals surface area contributed by atoms with E-state index in [1.165, 1.54) is 11.1 Å². The van der Waals surface area contributed by atoms with Gasteiger partial charge in [0, 0.05) is 0 Å². The Morgan fingerprint density at radius 1 is 0.846 bits per heavy atom. The van der Waals surface area contributed by atoms with E-state index in [9.17, 15) is 0 Å². The molecule has 0 bridgehead atoms. The summed E-state index contributed by atoms with van der Waals surface area (Å²) in [6.45, 7) is 0. The molecular weight excluding hydrogens is 262 g/mol. The Bertz CT molecular complexity index is 255. The van der Waals surface area contributed by atoms with Gasteiger partial charge in [-0.25, -0.2) is 0 Å². The van der Waals surface area contributed by atoms with Crippen molar-refractivity contribution in [1.29, 1.82) is 0 Å². The molecule has 0 aromatic carbocycles. The smallest absolute Gasteiger partial charge is 1.00 e. The maximum absolute atomic E-state index is 2.12. The largest absolute Gasteiger partial charge is 4.00 e. The SMILES string of the molecule is [Cl-].[Cl-].[Cl-].[Ti+4].c1cc2cc[cH-]cc-2c1. The van der Waals surface area contributed by atoms with Gasteiger partial charge in [0.1, 0.15) is 0 Å². The zero-order valence-corrected chi connectivity index (χ0v) is 10.5. The van der Waals surface area contributed by atoms with Crippen molar-refractivity contribution in [3.05, 3.63) is 42.5 Å². The molecule has 0 amide bonds. The van der Waals surface area contributed by atoms with Crippen molar-refractivity contribution in [2.24, 2.45) is 0 Å². The zero-order chi connectivity index (χ0) is 6.10. The van der Waals surface area contributed by atoms with E-state index < -0.39 is 0 Å². The topological polar surface area (TPSA) is 0 Å². The van der Waals surface area contributed by atoms with E-state index in [4.69, 9.17) is 0 Å². The van der Waals surface area contributed by atoms with Crippen LogP contribution in [0.2, 0.25) is 0 Å². The summed E-state index contributed by atoms with van der Waals surface area (Å²) in [6, 6.07) is 14.7. The molecule has 0 saturated heterocycles. The van der Waals surface area contributed by atoms with E-state index in [2.05, 4.69) is 42.5 Å². The molecule has 0 atom stereocenters. The minimum Gasteiger partial charge on any atom is -1.00 e. The molecule has 68 valence electrons. The predicted octanol–water partition coefficient (Wildman–Crippen LogP) is -6.48. The van der Waals surface area contributed by atoms with Gasteiger partial charge in [-0.1, -0.05) is 12.1 Å². The van der Waals surface area contributed by atoms with E-state index in [1.807, 2.05) is 0 Å². The Kier molecular flexibility index (Phi) is 13.2.